The fourth-order valence-electron chi connectivity index (χ4n) is 4.22. The molecule has 0 aliphatic carbocycles. The van der Waals surface area contributed by atoms with Gasteiger partial charge in [-0.25, -0.2) is 0 Å². The first kappa shape index (κ1) is 28.0. The molecule has 5 aromatic carbocycles. The van der Waals surface area contributed by atoms with Crippen LogP contribution in [0.3, 0.4) is 0 Å². The Morgan fingerprint density at radius 2 is 1.63 bits per heavy atom. The zero-order valence-electron chi connectivity index (χ0n) is 21.8. The third kappa shape index (κ3) is 7.34. The molecule has 0 aliphatic rings. The molecule has 0 spiro atoms. The highest BCUT2D eigenvalue weighted by Gasteiger charge is 2.13. The molecule has 0 aliphatic heterocycles. The summed E-state index contributed by atoms with van der Waals surface area (Å²) >= 11 is 9.67. The quantitative estimate of drug-likeness (QED) is 0.131. The summed E-state index contributed by atoms with van der Waals surface area (Å²) in [5.74, 6) is 0.625. The van der Waals surface area contributed by atoms with E-state index in [2.05, 4.69) is 39.4 Å². The van der Waals surface area contributed by atoms with Crippen LogP contribution in [0.15, 0.2) is 119 Å². The van der Waals surface area contributed by atoms with Crippen molar-refractivity contribution >= 4 is 56.0 Å². The molecule has 0 fully saturated rings. The van der Waals surface area contributed by atoms with Crippen molar-refractivity contribution in [2.24, 2.45) is 0 Å². The Morgan fingerprint density at radius 1 is 0.878 bits per heavy atom. The lowest BCUT2D eigenvalue weighted by Gasteiger charge is -2.12. The number of carbonyl (C=O) groups is 1. The van der Waals surface area contributed by atoms with Crippen LogP contribution in [0.25, 0.3) is 16.8 Å². The molecule has 0 unspecified atom stereocenters. The topological polar surface area (TPSA) is 71.3 Å². The number of hydrogen-bond donors (Lipinski definition) is 1. The molecule has 0 saturated heterocycles. The van der Waals surface area contributed by atoms with Crippen molar-refractivity contribution in [1.82, 2.24) is 0 Å². The number of rotatable bonds is 9. The Kier molecular flexibility index (Phi) is 9.00. The number of fused-ring (bicyclic) bond motifs is 1. The summed E-state index contributed by atoms with van der Waals surface area (Å²) in [4.78, 5) is 13.0. The summed E-state index contributed by atoms with van der Waals surface area (Å²) in [5, 5.41) is 15.2. The molecule has 5 nitrogen and oxygen atoms in total. The minimum absolute atomic E-state index is 0.0853. The van der Waals surface area contributed by atoms with E-state index >= 15 is 0 Å². The van der Waals surface area contributed by atoms with Gasteiger partial charge >= 0.3 is 0 Å². The summed E-state index contributed by atoms with van der Waals surface area (Å²) in [7, 11) is 0. The number of amides is 1. The standard InChI is InChI=1S/C34H24BrClN2O3/c35-28-10-8-23(9-11-28)21-40-31-15-13-30(14-16-31)38-34(39)27(20-37)18-26-19-29(36)12-17-33(26)41-22-25-6-3-5-24-4-1-2-7-32(24)25/h1-19H,21-22H2,(H,38,39)/b27-18+. The Labute approximate surface area is 251 Å². The van der Waals surface area contributed by atoms with Gasteiger partial charge in [-0.1, -0.05) is 82.1 Å². The second kappa shape index (κ2) is 13.2. The number of halogens is 2. The fraction of sp³-hybridized carbons (Fsp3) is 0.0588. The molecule has 1 amide bonds. The monoisotopic (exact) mass is 622 g/mol. The summed E-state index contributed by atoms with van der Waals surface area (Å²) < 4.78 is 13.0. The number of anilines is 1. The molecule has 0 atom stereocenters. The Morgan fingerprint density at radius 3 is 2.41 bits per heavy atom. The Balaban J connectivity index is 1.27. The maximum Gasteiger partial charge on any atom is 0.266 e. The van der Waals surface area contributed by atoms with Crippen LogP contribution in [-0.2, 0) is 18.0 Å². The van der Waals surface area contributed by atoms with E-state index < -0.39 is 5.91 Å². The lowest BCUT2D eigenvalue weighted by atomic mass is 10.1. The van der Waals surface area contributed by atoms with Gasteiger partial charge < -0.3 is 14.8 Å². The van der Waals surface area contributed by atoms with Crippen molar-refractivity contribution in [1.29, 1.82) is 5.26 Å². The van der Waals surface area contributed by atoms with Gasteiger partial charge in [0.15, 0.2) is 0 Å². The number of carbonyl (C=O) groups excluding carboxylic acids is 1. The van der Waals surface area contributed by atoms with Gasteiger partial charge in [0.1, 0.15) is 36.4 Å². The molecule has 0 bridgehead atoms. The normalized spacial score (nSPS) is 11.1. The molecule has 0 radical (unpaired) electrons. The van der Waals surface area contributed by atoms with E-state index in [1.807, 2.05) is 54.6 Å². The smallest absolute Gasteiger partial charge is 0.266 e. The van der Waals surface area contributed by atoms with Gasteiger partial charge in [0, 0.05) is 20.7 Å². The van der Waals surface area contributed by atoms with Gasteiger partial charge in [-0.3, -0.25) is 4.79 Å². The Bertz CT molecular complexity index is 1760. The number of benzene rings is 5. The molecule has 5 rings (SSSR count). The van der Waals surface area contributed by atoms with Crippen molar-refractivity contribution in [2.45, 2.75) is 13.2 Å². The number of ether oxygens (including phenoxy) is 2. The highest BCUT2D eigenvalue weighted by molar-refractivity contribution is 9.10. The predicted octanol–water partition coefficient (Wildman–Crippen LogP) is 8.96. The van der Waals surface area contributed by atoms with Crippen molar-refractivity contribution in [3.63, 3.8) is 0 Å². The number of hydrogen-bond acceptors (Lipinski definition) is 4. The molecule has 5 aromatic rings. The second-order valence-corrected chi connectivity index (χ2v) is 10.5. The maximum absolute atomic E-state index is 13.0. The average Bonchev–Trinajstić information content (AvgIpc) is 2.99. The fourth-order valence-corrected chi connectivity index (χ4v) is 4.67. The lowest BCUT2D eigenvalue weighted by Crippen LogP contribution is -2.13. The van der Waals surface area contributed by atoms with Crippen LogP contribution in [0.2, 0.25) is 5.02 Å². The number of nitriles is 1. The molecule has 1 N–H and O–H groups in total. The van der Waals surface area contributed by atoms with E-state index in [0.717, 1.165) is 26.4 Å². The van der Waals surface area contributed by atoms with Crippen LogP contribution in [0, 0.1) is 11.3 Å². The lowest BCUT2D eigenvalue weighted by molar-refractivity contribution is -0.112. The molecule has 202 valence electrons. The Hall–Kier alpha value is -4.57. The minimum Gasteiger partial charge on any atom is -0.489 e. The highest BCUT2D eigenvalue weighted by Crippen LogP contribution is 2.28. The van der Waals surface area contributed by atoms with Gasteiger partial charge in [-0.15, -0.1) is 0 Å². The van der Waals surface area contributed by atoms with Crippen LogP contribution >= 0.6 is 27.5 Å². The van der Waals surface area contributed by atoms with Gasteiger partial charge in [0.05, 0.1) is 0 Å². The van der Waals surface area contributed by atoms with E-state index in [0.29, 0.717) is 41.0 Å². The van der Waals surface area contributed by atoms with E-state index in [1.165, 1.54) is 6.08 Å². The van der Waals surface area contributed by atoms with Crippen molar-refractivity contribution in [3.05, 3.63) is 141 Å². The molecular weight excluding hydrogens is 600 g/mol. The summed E-state index contributed by atoms with van der Waals surface area (Å²) in [6.45, 7) is 0.735. The first-order valence-electron chi connectivity index (χ1n) is 12.8. The largest absolute Gasteiger partial charge is 0.489 e. The van der Waals surface area contributed by atoms with Crippen LogP contribution in [0.4, 0.5) is 5.69 Å². The minimum atomic E-state index is -0.545. The summed E-state index contributed by atoms with van der Waals surface area (Å²) in [6.07, 6.45) is 1.48. The third-order valence-corrected chi connectivity index (χ3v) is 7.09. The summed E-state index contributed by atoms with van der Waals surface area (Å²) in [6, 6.07) is 36.1. The second-order valence-electron chi connectivity index (χ2n) is 9.17. The van der Waals surface area contributed by atoms with Gasteiger partial charge in [0.2, 0.25) is 0 Å². The van der Waals surface area contributed by atoms with E-state index in [-0.39, 0.29) is 5.57 Å². The van der Waals surface area contributed by atoms with Gasteiger partial charge in [-0.2, -0.15) is 5.26 Å². The zero-order chi connectivity index (χ0) is 28.6. The zero-order valence-corrected chi connectivity index (χ0v) is 24.2. The van der Waals surface area contributed by atoms with Crippen LogP contribution < -0.4 is 14.8 Å². The molecular formula is C34H24BrClN2O3. The van der Waals surface area contributed by atoms with Crippen LogP contribution in [0.1, 0.15) is 16.7 Å². The highest BCUT2D eigenvalue weighted by atomic mass is 79.9. The third-order valence-electron chi connectivity index (χ3n) is 6.33. The molecule has 7 heteroatoms. The molecule has 0 aromatic heterocycles. The first-order valence-corrected chi connectivity index (χ1v) is 13.9. The summed E-state index contributed by atoms with van der Waals surface area (Å²) in [5.41, 5.74) is 3.04. The molecule has 41 heavy (non-hydrogen) atoms. The van der Waals surface area contributed by atoms with Crippen LogP contribution in [-0.4, -0.2) is 5.91 Å². The van der Waals surface area contributed by atoms with E-state index in [9.17, 15) is 10.1 Å². The molecule has 0 saturated carbocycles. The first-order chi connectivity index (χ1) is 20.0. The van der Waals surface area contributed by atoms with Gasteiger partial charge in [-0.05, 0) is 82.6 Å². The average molecular weight is 624 g/mol. The van der Waals surface area contributed by atoms with Gasteiger partial charge in [0.25, 0.3) is 5.91 Å². The van der Waals surface area contributed by atoms with Crippen molar-refractivity contribution in [3.8, 4) is 17.6 Å². The predicted molar refractivity (Wildman–Crippen MR) is 167 cm³/mol. The molecule has 0 heterocycles. The number of nitrogens with one attached hydrogen (secondary N) is 1. The van der Waals surface area contributed by atoms with Crippen molar-refractivity contribution in [2.75, 3.05) is 5.32 Å². The van der Waals surface area contributed by atoms with E-state index in [1.54, 1.807) is 42.5 Å². The van der Waals surface area contributed by atoms with Crippen molar-refractivity contribution < 1.29 is 14.3 Å². The van der Waals surface area contributed by atoms with E-state index in [4.69, 9.17) is 21.1 Å². The number of nitrogens with zero attached hydrogens (tertiary/aromatic N) is 1. The SMILES string of the molecule is N#C/C(=C\c1cc(Cl)ccc1OCc1cccc2ccccc12)C(=O)Nc1ccc(OCc2ccc(Br)cc2)cc1. The maximum atomic E-state index is 13.0. The van der Waals surface area contributed by atoms with Crippen LogP contribution in [0.5, 0.6) is 11.5 Å².